The molecule has 0 N–H and O–H groups in total. The summed E-state index contributed by atoms with van der Waals surface area (Å²) < 4.78 is 5.35. The maximum absolute atomic E-state index is 12.1. The summed E-state index contributed by atoms with van der Waals surface area (Å²) in [5.74, 6) is 0.120. The molecule has 0 amide bonds. The first-order valence-corrected chi connectivity index (χ1v) is 6.59. The molecule has 100 valence electrons. The van der Waals surface area contributed by atoms with Gasteiger partial charge < -0.3 is 4.74 Å². The fourth-order valence-electron chi connectivity index (χ4n) is 2.30. The number of esters is 1. The zero-order chi connectivity index (χ0) is 14.0. The van der Waals surface area contributed by atoms with Crippen LogP contribution in [0.3, 0.4) is 0 Å². The maximum atomic E-state index is 12.1. The minimum Gasteiger partial charge on any atom is -0.405 e. The van der Waals surface area contributed by atoms with Gasteiger partial charge in [0.1, 0.15) is 0 Å². The zero-order valence-electron chi connectivity index (χ0n) is 11.2. The van der Waals surface area contributed by atoms with Crippen molar-refractivity contribution in [1.29, 1.82) is 0 Å². The number of hydrogen-bond donors (Lipinski definition) is 0. The van der Waals surface area contributed by atoms with Crippen LogP contribution >= 0.6 is 0 Å². The number of ether oxygens (including phenoxy) is 1. The Kier molecular flexibility index (Phi) is 3.11. The first kappa shape index (κ1) is 12.6. The molecule has 1 atom stereocenters. The van der Waals surface area contributed by atoms with E-state index in [9.17, 15) is 4.79 Å². The predicted molar refractivity (Wildman–Crippen MR) is 77.6 cm³/mol. The Morgan fingerprint density at radius 1 is 1.00 bits per heavy atom. The predicted octanol–water partition coefficient (Wildman–Crippen LogP) is 2.99. The Morgan fingerprint density at radius 3 is 2.25 bits per heavy atom. The average molecular weight is 265 g/mol. The lowest BCUT2D eigenvalue weighted by Crippen LogP contribution is -2.32. The summed E-state index contributed by atoms with van der Waals surface area (Å²) in [7, 11) is 0. The van der Waals surface area contributed by atoms with Crippen LogP contribution in [0.4, 0.5) is 0 Å². The molecule has 3 heteroatoms. The monoisotopic (exact) mass is 265 g/mol. The van der Waals surface area contributed by atoms with Crippen LogP contribution in [0.15, 0.2) is 65.7 Å². The highest BCUT2D eigenvalue weighted by molar-refractivity contribution is 6.07. The van der Waals surface area contributed by atoms with Crippen LogP contribution in [0.5, 0.6) is 0 Å². The van der Waals surface area contributed by atoms with Crippen molar-refractivity contribution in [2.24, 2.45) is 4.99 Å². The molecule has 0 unspecified atom stereocenters. The molecular formula is C17H15NO2. The van der Waals surface area contributed by atoms with Crippen molar-refractivity contribution in [2.75, 3.05) is 0 Å². The van der Waals surface area contributed by atoms with Gasteiger partial charge in [0.05, 0.1) is 0 Å². The maximum Gasteiger partial charge on any atom is 0.340 e. The van der Waals surface area contributed by atoms with Gasteiger partial charge in [-0.3, -0.25) is 0 Å². The third-order valence-corrected chi connectivity index (χ3v) is 3.39. The van der Waals surface area contributed by atoms with Crippen molar-refractivity contribution in [3.63, 3.8) is 0 Å². The fourth-order valence-corrected chi connectivity index (χ4v) is 2.30. The van der Waals surface area contributed by atoms with Gasteiger partial charge in [0.2, 0.25) is 5.90 Å². The molecule has 3 nitrogen and oxygen atoms in total. The quantitative estimate of drug-likeness (QED) is 0.800. The largest absolute Gasteiger partial charge is 0.405 e. The molecule has 0 fully saturated rings. The molecule has 2 aromatic rings. The first-order chi connectivity index (χ1) is 9.67. The van der Waals surface area contributed by atoms with E-state index in [0.717, 1.165) is 11.1 Å². The summed E-state index contributed by atoms with van der Waals surface area (Å²) >= 11 is 0. The Bertz CT molecular complexity index is 649. The molecule has 20 heavy (non-hydrogen) atoms. The molecule has 1 aliphatic rings. The van der Waals surface area contributed by atoms with Crippen LogP contribution in [-0.2, 0) is 16.0 Å². The molecule has 0 spiro atoms. The minimum absolute atomic E-state index is 0.291. The van der Waals surface area contributed by atoms with Crippen LogP contribution in [0.25, 0.3) is 0 Å². The lowest BCUT2D eigenvalue weighted by atomic mass is 9.94. The van der Waals surface area contributed by atoms with Gasteiger partial charge in [-0.15, -0.1) is 0 Å². The molecule has 0 radical (unpaired) electrons. The molecular weight excluding hydrogens is 250 g/mol. The second-order valence-electron chi connectivity index (χ2n) is 5.11. The van der Waals surface area contributed by atoms with E-state index in [1.807, 2.05) is 67.6 Å². The van der Waals surface area contributed by atoms with E-state index in [1.54, 1.807) is 0 Å². The molecule has 0 saturated heterocycles. The summed E-state index contributed by atoms with van der Waals surface area (Å²) in [5, 5.41) is 0. The SMILES string of the molecule is C[C@@]1(Cc2ccccc2)N=C(c2ccccc2)OC1=O. The first-order valence-electron chi connectivity index (χ1n) is 6.59. The van der Waals surface area contributed by atoms with Crippen LogP contribution in [0, 0.1) is 0 Å². The van der Waals surface area contributed by atoms with Crippen LogP contribution in [0.1, 0.15) is 18.1 Å². The van der Waals surface area contributed by atoms with Crippen molar-refractivity contribution < 1.29 is 9.53 Å². The number of benzene rings is 2. The van der Waals surface area contributed by atoms with E-state index < -0.39 is 5.54 Å². The molecule has 2 aromatic carbocycles. The highest BCUT2D eigenvalue weighted by Crippen LogP contribution is 2.26. The van der Waals surface area contributed by atoms with Gasteiger partial charge in [0.15, 0.2) is 5.54 Å². The van der Waals surface area contributed by atoms with Crippen LogP contribution in [0.2, 0.25) is 0 Å². The van der Waals surface area contributed by atoms with Crippen molar-refractivity contribution in [3.8, 4) is 0 Å². The number of hydrogen-bond acceptors (Lipinski definition) is 3. The number of nitrogens with zero attached hydrogens (tertiary/aromatic N) is 1. The lowest BCUT2D eigenvalue weighted by Gasteiger charge is -2.15. The number of carbonyl (C=O) groups excluding carboxylic acids is 1. The zero-order valence-corrected chi connectivity index (χ0v) is 11.2. The van der Waals surface area contributed by atoms with Gasteiger partial charge in [-0.25, -0.2) is 9.79 Å². The van der Waals surface area contributed by atoms with Gasteiger partial charge in [0, 0.05) is 12.0 Å². The highest BCUT2D eigenvalue weighted by atomic mass is 16.6. The number of carbonyl (C=O) groups is 1. The van der Waals surface area contributed by atoms with Crippen molar-refractivity contribution in [3.05, 3.63) is 71.8 Å². The molecule has 3 rings (SSSR count). The Labute approximate surface area is 117 Å². The fraction of sp³-hybridized carbons (Fsp3) is 0.176. The summed E-state index contributed by atoms with van der Waals surface area (Å²) in [5.41, 5.74) is 1.06. The summed E-state index contributed by atoms with van der Waals surface area (Å²) in [4.78, 5) is 16.7. The normalized spacial score (nSPS) is 21.4. The number of rotatable bonds is 3. The molecule has 0 bridgehead atoms. The number of cyclic esters (lactones) is 1. The van der Waals surface area contributed by atoms with Gasteiger partial charge >= 0.3 is 5.97 Å². The van der Waals surface area contributed by atoms with Crippen molar-refractivity contribution >= 4 is 11.9 Å². The molecule has 0 aromatic heterocycles. The van der Waals surface area contributed by atoms with Crippen molar-refractivity contribution in [1.82, 2.24) is 0 Å². The number of aliphatic imine (C=N–C) groups is 1. The Balaban J connectivity index is 1.90. The van der Waals surface area contributed by atoms with Crippen LogP contribution < -0.4 is 0 Å². The van der Waals surface area contributed by atoms with E-state index in [-0.39, 0.29) is 5.97 Å². The Morgan fingerprint density at radius 2 is 1.60 bits per heavy atom. The van der Waals surface area contributed by atoms with E-state index in [0.29, 0.717) is 12.3 Å². The van der Waals surface area contributed by atoms with Gasteiger partial charge in [0.25, 0.3) is 0 Å². The van der Waals surface area contributed by atoms with Gasteiger partial charge in [-0.2, -0.15) is 0 Å². The van der Waals surface area contributed by atoms with E-state index in [1.165, 1.54) is 0 Å². The van der Waals surface area contributed by atoms with E-state index in [4.69, 9.17) is 4.74 Å². The van der Waals surface area contributed by atoms with Crippen LogP contribution in [-0.4, -0.2) is 17.4 Å². The topological polar surface area (TPSA) is 38.7 Å². The minimum atomic E-state index is -0.841. The third-order valence-electron chi connectivity index (χ3n) is 3.39. The molecule has 0 saturated carbocycles. The highest BCUT2D eigenvalue weighted by Gasteiger charge is 2.41. The lowest BCUT2D eigenvalue weighted by molar-refractivity contribution is -0.138. The molecule has 0 aliphatic carbocycles. The summed E-state index contributed by atoms with van der Waals surface area (Å²) in [6.45, 7) is 1.82. The summed E-state index contributed by atoms with van der Waals surface area (Å²) in [6, 6.07) is 19.4. The summed E-state index contributed by atoms with van der Waals surface area (Å²) in [6.07, 6.45) is 0.545. The second-order valence-corrected chi connectivity index (χ2v) is 5.11. The Hall–Kier alpha value is -2.42. The van der Waals surface area contributed by atoms with Gasteiger partial charge in [-0.1, -0.05) is 48.5 Å². The van der Waals surface area contributed by atoms with E-state index in [2.05, 4.69) is 4.99 Å². The second kappa shape index (κ2) is 4.93. The smallest absolute Gasteiger partial charge is 0.340 e. The van der Waals surface area contributed by atoms with E-state index >= 15 is 0 Å². The molecule has 1 aliphatic heterocycles. The van der Waals surface area contributed by atoms with Crippen molar-refractivity contribution in [2.45, 2.75) is 18.9 Å². The average Bonchev–Trinajstić information content (AvgIpc) is 2.77. The third kappa shape index (κ3) is 2.35. The molecule has 1 heterocycles. The van der Waals surface area contributed by atoms with Gasteiger partial charge in [-0.05, 0) is 24.6 Å². The standard InChI is InChI=1S/C17H15NO2/c1-17(12-13-8-4-2-5-9-13)16(19)20-15(18-17)14-10-6-3-7-11-14/h2-11H,12H2,1H3/t17-/m0/s1.